The van der Waals surface area contributed by atoms with Crippen molar-refractivity contribution >= 4 is 27.4 Å². The summed E-state index contributed by atoms with van der Waals surface area (Å²) in [4.78, 5) is 12.7. The Morgan fingerprint density at radius 2 is 1.85 bits per heavy atom. The number of nitrogens with one attached hydrogen (secondary N) is 2. The predicted octanol–water partition coefficient (Wildman–Crippen LogP) is 6.35. The maximum Gasteiger partial charge on any atom is 0.337 e. The highest BCUT2D eigenvalue weighted by Crippen LogP contribution is 2.45. The molecule has 2 aromatic rings. The lowest BCUT2D eigenvalue weighted by atomic mass is 9.85. The van der Waals surface area contributed by atoms with Gasteiger partial charge in [-0.3, -0.25) is 4.72 Å². The summed E-state index contributed by atoms with van der Waals surface area (Å²) in [6.45, 7) is 12.3. The monoisotopic (exact) mass is 558 g/mol. The standard InChI is InChI=1S/C30H42N2O6S/c1-18-16-23(32-39(35,36)17-21-10-8-7-9-11-21)20(3)26(28(29(33)34)38-30(4,5)6)25(18)22-12-13-24-27(19(22)2)31-14-15-37-24/h12-13,16,21,28,31-32H,7-11,14-15,17H2,1-6H3,(H,33,34). The minimum Gasteiger partial charge on any atom is -0.490 e. The zero-order valence-corrected chi connectivity index (χ0v) is 24.8. The second kappa shape index (κ2) is 11.4. The lowest BCUT2D eigenvalue weighted by molar-refractivity contribution is -0.160. The highest BCUT2D eigenvalue weighted by Gasteiger charge is 2.34. The molecule has 0 bridgehead atoms. The second-order valence-corrected chi connectivity index (χ2v) is 13.6. The number of aliphatic carboxylic acids is 1. The first-order valence-electron chi connectivity index (χ1n) is 13.8. The number of anilines is 2. The average molecular weight is 559 g/mol. The van der Waals surface area contributed by atoms with Crippen LogP contribution in [0.1, 0.15) is 81.2 Å². The molecule has 39 heavy (non-hydrogen) atoms. The van der Waals surface area contributed by atoms with Crippen LogP contribution < -0.4 is 14.8 Å². The normalized spacial score (nSPS) is 17.1. The first-order valence-corrected chi connectivity index (χ1v) is 15.5. The van der Waals surface area contributed by atoms with E-state index < -0.39 is 27.7 Å². The van der Waals surface area contributed by atoms with E-state index in [-0.39, 0.29) is 11.7 Å². The molecule has 0 saturated heterocycles. The molecule has 1 fully saturated rings. The van der Waals surface area contributed by atoms with E-state index in [2.05, 4.69) is 10.0 Å². The summed E-state index contributed by atoms with van der Waals surface area (Å²) in [6.07, 6.45) is 3.80. The lowest BCUT2D eigenvalue weighted by Gasteiger charge is -2.31. The molecule has 1 saturated carbocycles. The SMILES string of the molecule is Cc1cc(NS(=O)(=O)CC2CCCCC2)c(C)c(C(OC(C)(C)C)C(=O)O)c1-c1ccc2c(c1C)NCCO2. The Kier molecular flexibility index (Phi) is 8.52. The van der Waals surface area contributed by atoms with Crippen LogP contribution >= 0.6 is 0 Å². The minimum absolute atomic E-state index is 0.0685. The van der Waals surface area contributed by atoms with Gasteiger partial charge in [-0.2, -0.15) is 0 Å². The van der Waals surface area contributed by atoms with Gasteiger partial charge in [-0.25, -0.2) is 13.2 Å². The van der Waals surface area contributed by atoms with Crippen LogP contribution in [0.4, 0.5) is 11.4 Å². The highest BCUT2D eigenvalue weighted by atomic mass is 32.2. The number of ether oxygens (including phenoxy) is 2. The van der Waals surface area contributed by atoms with Gasteiger partial charge in [0.15, 0.2) is 6.10 Å². The molecule has 0 aromatic heterocycles. The molecule has 9 heteroatoms. The highest BCUT2D eigenvalue weighted by molar-refractivity contribution is 7.92. The smallest absolute Gasteiger partial charge is 0.337 e. The van der Waals surface area contributed by atoms with E-state index >= 15 is 0 Å². The van der Waals surface area contributed by atoms with E-state index in [9.17, 15) is 18.3 Å². The molecule has 8 nitrogen and oxygen atoms in total. The van der Waals surface area contributed by atoms with Crippen molar-refractivity contribution in [2.45, 2.75) is 85.4 Å². The van der Waals surface area contributed by atoms with Crippen molar-refractivity contribution < 1.29 is 27.8 Å². The number of rotatable bonds is 8. The van der Waals surface area contributed by atoms with E-state index in [1.165, 1.54) is 0 Å². The molecule has 1 aliphatic heterocycles. The number of benzene rings is 2. The molecule has 0 amide bonds. The van der Waals surface area contributed by atoms with Gasteiger partial charge in [0.1, 0.15) is 12.4 Å². The number of hydrogen-bond donors (Lipinski definition) is 3. The van der Waals surface area contributed by atoms with Gasteiger partial charge in [-0.1, -0.05) is 25.3 Å². The van der Waals surface area contributed by atoms with Crippen LogP contribution in [0.2, 0.25) is 0 Å². The molecule has 214 valence electrons. The number of hydrogen-bond acceptors (Lipinski definition) is 6. The van der Waals surface area contributed by atoms with Crippen molar-refractivity contribution in [1.29, 1.82) is 0 Å². The summed E-state index contributed by atoms with van der Waals surface area (Å²) < 4.78 is 41.3. The summed E-state index contributed by atoms with van der Waals surface area (Å²) in [5, 5.41) is 13.8. The largest absolute Gasteiger partial charge is 0.490 e. The number of sulfonamides is 1. The van der Waals surface area contributed by atoms with Crippen LogP contribution in [0.3, 0.4) is 0 Å². The quantitative estimate of drug-likeness (QED) is 0.346. The maximum atomic E-state index is 13.3. The van der Waals surface area contributed by atoms with Crippen molar-refractivity contribution in [3.63, 3.8) is 0 Å². The van der Waals surface area contributed by atoms with Crippen LogP contribution in [0, 0.1) is 26.7 Å². The number of carboxylic acids is 1. The topological polar surface area (TPSA) is 114 Å². The molecule has 4 rings (SSSR count). The fourth-order valence-corrected chi connectivity index (χ4v) is 7.41. The zero-order chi connectivity index (χ0) is 28.5. The summed E-state index contributed by atoms with van der Waals surface area (Å²) in [5.41, 5.74) is 4.78. The fourth-order valence-electron chi connectivity index (χ4n) is 5.83. The van der Waals surface area contributed by atoms with Crippen molar-refractivity contribution in [3.05, 3.63) is 40.5 Å². The average Bonchev–Trinajstić information content (AvgIpc) is 2.85. The number of carboxylic acid groups (broad SMARTS) is 1. The van der Waals surface area contributed by atoms with E-state index in [0.29, 0.717) is 30.0 Å². The van der Waals surface area contributed by atoms with E-state index in [1.54, 1.807) is 6.92 Å². The first-order chi connectivity index (χ1) is 18.3. The van der Waals surface area contributed by atoms with Crippen molar-refractivity contribution in [2.75, 3.05) is 28.9 Å². The van der Waals surface area contributed by atoms with Gasteiger partial charge in [-0.05, 0) is 100 Å². The van der Waals surface area contributed by atoms with Gasteiger partial charge < -0.3 is 19.9 Å². The number of fused-ring (bicyclic) bond motifs is 1. The van der Waals surface area contributed by atoms with Gasteiger partial charge in [0.25, 0.3) is 0 Å². The first kappa shape index (κ1) is 29.2. The van der Waals surface area contributed by atoms with Crippen LogP contribution in [0.25, 0.3) is 11.1 Å². The summed E-state index contributed by atoms with van der Waals surface area (Å²) in [7, 11) is -3.63. The minimum atomic E-state index is -3.63. The van der Waals surface area contributed by atoms with Gasteiger partial charge in [0.05, 0.1) is 22.7 Å². The molecule has 1 heterocycles. The van der Waals surface area contributed by atoms with Gasteiger partial charge >= 0.3 is 5.97 Å². The molecular weight excluding hydrogens is 516 g/mol. The van der Waals surface area contributed by atoms with Crippen LogP contribution in [0.5, 0.6) is 5.75 Å². The Bertz CT molecular complexity index is 1340. The Morgan fingerprint density at radius 3 is 2.49 bits per heavy atom. The van der Waals surface area contributed by atoms with E-state index in [4.69, 9.17) is 9.47 Å². The van der Waals surface area contributed by atoms with Crippen LogP contribution in [-0.2, 0) is 19.6 Å². The van der Waals surface area contributed by atoms with Gasteiger partial charge in [0, 0.05) is 12.1 Å². The third-order valence-electron chi connectivity index (χ3n) is 7.59. The Balaban J connectivity index is 1.87. The van der Waals surface area contributed by atoms with Crippen LogP contribution in [0.15, 0.2) is 18.2 Å². The molecular formula is C30H42N2O6S. The maximum absolute atomic E-state index is 13.3. The zero-order valence-electron chi connectivity index (χ0n) is 23.9. The molecule has 1 aliphatic carbocycles. The molecule has 2 aromatic carbocycles. The molecule has 0 spiro atoms. The van der Waals surface area contributed by atoms with Crippen molar-refractivity contribution in [1.82, 2.24) is 0 Å². The number of aryl methyl sites for hydroxylation is 1. The fraction of sp³-hybridized carbons (Fsp3) is 0.567. The third-order valence-corrected chi connectivity index (χ3v) is 9.03. The summed E-state index contributed by atoms with van der Waals surface area (Å²) in [6, 6.07) is 5.64. The van der Waals surface area contributed by atoms with Gasteiger partial charge in [-0.15, -0.1) is 0 Å². The molecule has 1 atom stereocenters. The third kappa shape index (κ3) is 6.69. The van der Waals surface area contributed by atoms with Crippen molar-refractivity contribution in [3.8, 4) is 16.9 Å². The Morgan fingerprint density at radius 1 is 1.15 bits per heavy atom. The summed E-state index contributed by atoms with van der Waals surface area (Å²) in [5.74, 6) is -0.168. The Labute approximate surface area is 232 Å². The summed E-state index contributed by atoms with van der Waals surface area (Å²) >= 11 is 0. The predicted molar refractivity (Wildman–Crippen MR) is 155 cm³/mol. The Hall–Kier alpha value is -2.78. The molecule has 1 unspecified atom stereocenters. The van der Waals surface area contributed by atoms with E-state index in [0.717, 1.165) is 65.8 Å². The molecule has 2 aliphatic rings. The van der Waals surface area contributed by atoms with Crippen LogP contribution in [-0.4, -0.2) is 44.0 Å². The number of carbonyl (C=O) groups is 1. The molecule has 0 radical (unpaired) electrons. The van der Waals surface area contributed by atoms with Gasteiger partial charge in [0.2, 0.25) is 10.0 Å². The van der Waals surface area contributed by atoms with E-state index in [1.807, 2.05) is 52.8 Å². The second-order valence-electron chi connectivity index (χ2n) is 11.9. The lowest BCUT2D eigenvalue weighted by Crippen LogP contribution is -2.29. The van der Waals surface area contributed by atoms with Crippen molar-refractivity contribution in [2.24, 2.45) is 5.92 Å². The molecule has 3 N–H and O–H groups in total.